The summed E-state index contributed by atoms with van der Waals surface area (Å²) in [4.78, 5) is 18.9. The van der Waals surface area contributed by atoms with Crippen LogP contribution in [0.25, 0.3) is 0 Å². The number of amides is 1. The minimum Gasteiger partial charge on any atom is -0.465 e. The second-order valence-electron chi connectivity index (χ2n) is 7.70. The topological polar surface area (TPSA) is 118 Å². The van der Waals surface area contributed by atoms with E-state index in [9.17, 15) is 4.79 Å². The lowest BCUT2D eigenvalue weighted by molar-refractivity contribution is 0.0529. The predicted octanol–water partition coefficient (Wildman–Crippen LogP) is 2.13. The standard InChI is InChI=1S/C20H25N7O3/c1-20(2,3)27-15(11-8-12-16(27)21-19(28)29)13-30-23-17(14-9-6-5-7-10-14)18-22-24-25-26(18)4/h5-12,15,21H,13H2,1-4H3,(H,28,29)/b23-17-. The summed E-state index contributed by atoms with van der Waals surface area (Å²) < 4.78 is 1.52. The molecule has 0 radical (unpaired) electrons. The number of carboxylic acid groups (broad SMARTS) is 1. The van der Waals surface area contributed by atoms with Crippen molar-refractivity contribution < 1.29 is 14.7 Å². The Morgan fingerprint density at radius 1 is 1.30 bits per heavy atom. The first-order valence-electron chi connectivity index (χ1n) is 9.43. The molecular formula is C20H25N7O3. The molecule has 10 heteroatoms. The monoisotopic (exact) mass is 411 g/mol. The number of allylic oxidation sites excluding steroid dienone is 2. The molecule has 1 amide bonds. The summed E-state index contributed by atoms with van der Waals surface area (Å²) >= 11 is 0. The van der Waals surface area contributed by atoms with Crippen LogP contribution in [0.15, 0.2) is 59.5 Å². The van der Waals surface area contributed by atoms with Crippen molar-refractivity contribution in [1.29, 1.82) is 0 Å². The van der Waals surface area contributed by atoms with E-state index in [2.05, 4.69) is 26.0 Å². The van der Waals surface area contributed by atoms with Gasteiger partial charge in [-0.15, -0.1) is 5.10 Å². The highest BCUT2D eigenvalue weighted by atomic mass is 16.6. The molecule has 158 valence electrons. The van der Waals surface area contributed by atoms with Gasteiger partial charge in [-0.2, -0.15) is 0 Å². The summed E-state index contributed by atoms with van der Waals surface area (Å²) in [6.07, 6.45) is 4.35. The number of nitrogens with one attached hydrogen (secondary N) is 1. The average molecular weight is 411 g/mol. The van der Waals surface area contributed by atoms with Crippen LogP contribution in [0.5, 0.6) is 0 Å². The Balaban J connectivity index is 1.83. The minimum absolute atomic E-state index is 0.202. The van der Waals surface area contributed by atoms with Crippen LogP contribution in [0.2, 0.25) is 0 Å². The number of benzene rings is 1. The highest BCUT2D eigenvalue weighted by molar-refractivity contribution is 6.10. The molecule has 30 heavy (non-hydrogen) atoms. The van der Waals surface area contributed by atoms with Crippen LogP contribution in [0.3, 0.4) is 0 Å². The number of aromatic nitrogens is 4. The maximum absolute atomic E-state index is 11.2. The highest BCUT2D eigenvalue weighted by Gasteiger charge is 2.32. The Hall–Kier alpha value is -3.69. The smallest absolute Gasteiger partial charge is 0.410 e. The molecule has 10 nitrogen and oxygen atoms in total. The number of aryl methyl sites for hydroxylation is 1. The van der Waals surface area contributed by atoms with Crippen molar-refractivity contribution in [3.63, 3.8) is 0 Å². The van der Waals surface area contributed by atoms with Crippen molar-refractivity contribution in [2.75, 3.05) is 6.61 Å². The van der Waals surface area contributed by atoms with Crippen LogP contribution in [0, 0.1) is 0 Å². The van der Waals surface area contributed by atoms with Crippen LogP contribution in [0.1, 0.15) is 32.2 Å². The molecule has 1 aromatic heterocycles. The molecule has 0 spiro atoms. The van der Waals surface area contributed by atoms with Crippen LogP contribution in [0.4, 0.5) is 4.79 Å². The van der Waals surface area contributed by atoms with Gasteiger partial charge in [-0.05, 0) is 37.3 Å². The summed E-state index contributed by atoms with van der Waals surface area (Å²) in [7, 11) is 1.73. The first kappa shape index (κ1) is 21.0. The molecular weight excluding hydrogens is 386 g/mol. The highest BCUT2D eigenvalue weighted by Crippen LogP contribution is 2.25. The quantitative estimate of drug-likeness (QED) is 0.552. The van der Waals surface area contributed by atoms with Gasteiger partial charge in [-0.25, -0.2) is 9.48 Å². The molecule has 2 heterocycles. The SMILES string of the molecule is Cn1nnnc1/C(=N\OCC1C=CC=C(NC(=O)O)N1C(C)(C)C)c1ccccc1. The fourth-order valence-electron chi connectivity index (χ4n) is 3.25. The van der Waals surface area contributed by atoms with Crippen molar-refractivity contribution in [1.82, 2.24) is 30.4 Å². The zero-order valence-electron chi connectivity index (χ0n) is 17.4. The fraction of sp³-hybridized carbons (Fsp3) is 0.350. The summed E-state index contributed by atoms with van der Waals surface area (Å²) in [6.45, 7) is 6.20. The first-order chi connectivity index (χ1) is 14.3. The van der Waals surface area contributed by atoms with Gasteiger partial charge in [0.25, 0.3) is 0 Å². The Morgan fingerprint density at radius 2 is 2.03 bits per heavy atom. The van der Waals surface area contributed by atoms with Crippen molar-refractivity contribution in [3.8, 4) is 0 Å². The van der Waals surface area contributed by atoms with E-state index in [1.807, 2.05) is 62.1 Å². The summed E-state index contributed by atoms with van der Waals surface area (Å²) in [6, 6.07) is 9.28. The van der Waals surface area contributed by atoms with Crippen LogP contribution >= 0.6 is 0 Å². The van der Waals surface area contributed by atoms with Crippen molar-refractivity contribution in [2.45, 2.75) is 32.4 Å². The second-order valence-corrected chi connectivity index (χ2v) is 7.70. The number of hydrogen-bond acceptors (Lipinski definition) is 7. The molecule has 1 unspecified atom stereocenters. The number of hydrogen-bond donors (Lipinski definition) is 2. The third kappa shape index (κ3) is 4.83. The summed E-state index contributed by atoms with van der Waals surface area (Å²) in [5.74, 6) is 0.956. The molecule has 2 aromatic rings. The third-order valence-corrected chi connectivity index (χ3v) is 4.42. The maximum Gasteiger partial charge on any atom is 0.410 e. The van der Waals surface area contributed by atoms with Crippen molar-refractivity contribution in [3.05, 3.63) is 65.8 Å². The average Bonchev–Trinajstić information content (AvgIpc) is 3.10. The molecule has 0 aliphatic carbocycles. The third-order valence-electron chi connectivity index (χ3n) is 4.42. The van der Waals surface area contributed by atoms with Gasteiger partial charge in [0.05, 0.1) is 6.04 Å². The van der Waals surface area contributed by atoms with Gasteiger partial charge in [-0.3, -0.25) is 5.32 Å². The maximum atomic E-state index is 11.2. The number of carbonyl (C=O) groups is 1. The zero-order chi connectivity index (χ0) is 21.7. The van der Waals surface area contributed by atoms with Crippen molar-refractivity contribution >= 4 is 11.8 Å². The van der Waals surface area contributed by atoms with Gasteiger partial charge < -0.3 is 14.8 Å². The Kier molecular flexibility index (Phi) is 6.14. The summed E-state index contributed by atoms with van der Waals surface area (Å²) in [5.41, 5.74) is 0.965. The van der Waals surface area contributed by atoms with Gasteiger partial charge in [0.15, 0.2) is 5.71 Å². The van der Waals surface area contributed by atoms with E-state index in [1.165, 1.54) is 4.68 Å². The molecule has 1 aromatic carbocycles. The molecule has 2 N–H and O–H groups in total. The van der Waals surface area contributed by atoms with Crippen LogP contribution < -0.4 is 5.32 Å². The van der Waals surface area contributed by atoms with E-state index in [0.717, 1.165) is 5.56 Å². The summed E-state index contributed by atoms with van der Waals surface area (Å²) in [5, 5.41) is 27.5. The Labute approximate surface area is 174 Å². The van der Waals surface area contributed by atoms with Gasteiger partial charge in [0, 0.05) is 18.2 Å². The zero-order valence-corrected chi connectivity index (χ0v) is 17.4. The predicted molar refractivity (Wildman–Crippen MR) is 111 cm³/mol. The molecule has 3 rings (SSSR count). The Bertz CT molecular complexity index is 974. The molecule has 0 bridgehead atoms. The number of rotatable bonds is 6. The van der Waals surface area contributed by atoms with Crippen LogP contribution in [-0.2, 0) is 11.9 Å². The number of tetrazole rings is 1. The fourth-order valence-corrected chi connectivity index (χ4v) is 3.25. The van der Waals surface area contributed by atoms with E-state index in [4.69, 9.17) is 9.94 Å². The Morgan fingerprint density at radius 3 is 2.63 bits per heavy atom. The molecule has 0 saturated carbocycles. The van der Waals surface area contributed by atoms with Crippen LogP contribution in [-0.4, -0.2) is 60.2 Å². The van der Waals surface area contributed by atoms with E-state index in [-0.39, 0.29) is 18.2 Å². The number of oxime groups is 1. The van der Waals surface area contributed by atoms with Crippen molar-refractivity contribution in [2.24, 2.45) is 12.2 Å². The molecule has 1 aliphatic rings. The number of nitrogens with zero attached hydrogens (tertiary/aromatic N) is 6. The lowest BCUT2D eigenvalue weighted by Gasteiger charge is -2.44. The normalized spacial score (nSPS) is 16.9. The van der Waals surface area contributed by atoms with E-state index in [1.54, 1.807) is 19.2 Å². The largest absolute Gasteiger partial charge is 0.465 e. The lowest BCUT2D eigenvalue weighted by atomic mass is 10.0. The second kappa shape index (κ2) is 8.76. The van der Waals surface area contributed by atoms with E-state index >= 15 is 0 Å². The molecule has 1 aliphatic heterocycles. The van der Waals surface area contributed by atoms with E-state index in [0.29, 0.717) is 17.4 Å². The van der Waals surface area contributed by atoms with Gasteiger partial charge in [0.1, 0.15) is 12.4 Å². The van der Waals surface area contributed by atoms with Gasteiger partial charge in [-0.1, -0.05) is 47.6 Å². The first-order valence-corrected chi connectivity index (χ1v) is 9.43. The van der Waals surface area contributed by atoms with Gasteiger partial charge >= 0.3 is 6.09 Å². The molecule has 1 atom stereocenters. The minimum atomic E-state index is -1.12. The molecule has 0 saturated heterocycles. The molecule has 0 fully saturated rings. The van der Waals surface area contributed by atoms with E-state index < -0.39 is 6.09 Å². The van der Waals surface area contributed by atoms with Gasteiger partial charge in [0.2, 0.25) is 5.82 Å². The lowest BCUT2D eigenvalue weighted by Crippen LogP contribution is -2.52.